The van der Waals surface area contributed by atoms with Crippen molar-refractivity contribution in [2.75, 3.05) is 0 Å². The monoisotopic (exact) mass is 480 g/mol. The Bertz CT molecular complexity index is 1460. The van der Waals surface area contributed by atoms with Crippen molar-refractivity contribution in [3.8, 4) is 0 Å². The number of rotatable bonds is 7. The predicted octanol–water partition coefficient (Wildman–Crippen LogP) is 2.68. The third-order valence-electron chi connectivity index (χ3n) is 6.65. The van der Waals surface area contributed by atoms with Gasteiger partial charge in [-0.05, 0) is 12.8 Å². The first kappa shape index (κ1) is 21.9. The smallest absolute Gasteiger partial charge is 0.216 e. The third kappa shape index (κ3) is 3.33. The number of unbranched alkanes of at least 4 members (excludes halogenated alkanes) is 3. The molecule has 0 fully saturated rings. The van der Waals surface area contributed by atoms with Gasteiger partial charge in [0.25, 0.3) is 0 Å². The molecule has 2 heterocycles. The summed E-state index contributed by atoms with van der Waals surface area (Å²) in [6.45, 7) is 0.929. The molecule has 2 aliphatic carbocycles. The number of carbonyl (C=O) groups excluding carboxylic acids is 4. The van der Waals surface area contributed by atoms with Gasteiger partial charge in [-0.3, -0.25) is 19.2 Å². The Morgan fingerprint density at radius 1 is 0.500 bits per heavy atom. The van der Waals surface area contributed by atoms with Crippen molar-refractivity contribution >= 4 is 23.1 Å². The van der Waals surface area contributed by atoms with Gasteiger partial charge in [0, 0.05) is 35.3 Å². The van der Waals surface area contributed by atoms with E-state index in [0.29, 0.717) is 35.3 Å². The first-order chi connectivity index (χ1) is 17.6. The Hall–Kier alpha value is -4.60. The van der Waals surface area contributed by atoms with E-state index in [0.717, 1.165) is 25.7 Å². The molecule has 6 rings (SSSR count). The summed E-state index contributed by atoms with van der Waals surface area (Å²) in [7, 11) is 0. The highest BCUT2D eigenvalue weighted by Gasteiger charge is 2.35. The first-order valence-corrected chi connectivity index (χ1v) is 11.8. The molecule has 2 aromatic carbocycles. The van der Waals surface area contributed by atoms with Crippen LogP contribution in [0.15, 0.2) is 48.5 Å². The number of nitrogens with zero attached hydrogens (tertiary/aromatic N) is 6. The molecule has 2 aliphatic rings. The van der Waals surface area contributed by atoms with Gasteiger partial charge in [-0.1, -0.05) is 71.8 Å². The van der Waals surface area contributed by atoms with Crippen molar-refractivity contribution in [3.05, 3.63) is 93.6 Å². The van der Waals surface area contributed by atoms with Gasteiger partial charge in [-0.25, -0.2) is 9.36 Å². The number of benzene rings is 2. The minimum absolute atomic E-state index is 0.107. The number of hydrogen-bond acceptors (Lipinski definition) is 8. The first-order valence-electron chi connectivity index (χ1n) is 11.8. The van der Waals surface area contributed by atoms with Crippen LogP contribution in [0.1, 0.15) is 89.9 Å². The number of fused-ring (bicyclic) bond motifs is 4. The van der Waals surface area contributed by atoms with Crippen LogP contribution in [0.5, 0.6) is 0 Å². The Morgan fingerprint density at radius 2 is 0.861 bits per heavy atom. The van der Waals surface area contributed by atoms with E-state index in [1.54, 1.807) is 48.5 Å². The van der Waals surface area contributed by atoms with Crippen LogP contribution in [0, 0.1) is 0 Å². The molecule has 36 heavy (non-hydrogen) atoms. The van der Waals surface area contributed by atoms with Gasteiger partial charge in [0.05, 0.1) is 0 Å². The lowest BCUT2D eigenvalue weighted by Gasteiger charge is -2.14. The van der Waals surface area contributed by atoms with Crippen LogP contribution in [0.3, 0.4) is 0 Å². The molecule has 10 nitrogen and oxygen atoms in total. The molecule has 0 saturated carbocycles. The van der Waals surface area contributed by atoms with Crippen molar-refractivity contribution in [2.24, 2.45) is 0 Å². The Labute approximate surface area is 204 Å². The minimum atomic E-state index is -0.279. The predicted molar refractivity (Wildman–Crippen MR) is 125 cm³/mol. The van der Waals surface area contributed by atoms with E-state index < -0.39 is 0 Å². The van der Waals surface area contributed by atoms with Gasteiger partial charge in [0.15, 0.2) is 11.4 Å². The van der Waals surface area contributed by atoms with Gasteiger partial charge in [0.1, 0.15) is 11.4 Å². The summed E-state index contributed by atoms with van der Waals surface area (Å²) in [5.74, 6) is -1.03. The number of aryl methyl sites for hydroxylation is 2. The largest absolute Gasteiger partial charge is 0.287 e. The molecule has 4 aromatic rings. The highest BCUT2D eigenvalue weighted by molar-refractivity contribution is 6.27. The average Bonchev–Trinajstić information content (AvgIpc) is 3.53. The zero-order valence-corrected chi connectivity index (χ0v) is 19.2. The topological polar surface area (TPSA) is 130 Å². The van der Waals surface area contributed by atoms with Crippen LogP contribution < -0.4 is 0 Å². The molecular formula is C26H20N6O4. The second-order valence-corrected chi connectivity index (χ2v) is 8.84. The molecule has 0 bridgehead atoms. The number of carbonyl (C=O) groups is 4. The van der Waals surface area contributed by atoms with E-state index in [4.69, 9.17) is 0 Å². The van der Waals surface area contributed by atoms with Crippen LogP contribution in [0.25, 0.3) is 0 Å². The molecule has 0 aliphatic heterocycles. The van der Waals surface area contributed by atoms with E-state index in [1.165, 1.54) is 9.36 Å². The van der Waals surface area contributed by atoms with Crippen LogP contribution in [-0.4, -0.2) is 53.1 Å². The molecule has 10 heteroatoms. The van der Waals surface area contributed by atoms with E-state index in [1.807, 2.05) is 0 Å². The van der Waals surface area contributed by atoms with Gasteiger partial charge in [-0.15, -0.1) is 10.2 Å². The summed E-state index contributed by atoms with van der Waals surface area (Å²) < 4.78 is 3.03. The summed E-state index contributed by atoms with van der Waals surface area (Å²) in [5, 5.41) is 16.1. The second kappa shape index (κ2) is 8.56. The van der Waals surface area contributed by atoms with E-state index in [-0.39, 0.29) is 45.9 Å². The third-order valence-corrected chi connectivity index (χ3v) is 6.65. The lowest BCUT2D eigenvalue weighted by molar-refractivity contribution is 0.0970. The van der Waals surface area contributed by atoms with Crippen LogP contribution in [0.4, 0.5) is 0 Å². The van der Waals surface area contributed by atoms with Crippen molar-refractivity contribution in [3.63, 3.8) is 0 Å². The number of hydrogen-bond donors (Lipinski definition) is 0. The standard InChI is InChI=1S/C26H20N6O4/c33-23-15-9-3-5-11-17(15)25(35)21-19(23)27-29-31(21)13-7-1-2-8-14-32-22-20(28-30-32)24(34)16-10-4-6-12-18(16)26(22)36/h3-6,9-12H,1-2,7-8,13-14H2. The molecule has 0 radical (unpaired) electrons. The molecule has 0 atom stereocenters. The Morgan fingerprint density at radius 3 is 1.25 bits per heavy atom. The normalized spacial score (nSPS) is 13.9. The molecular weight excluding hydrogens is 460 g/mol. The summed E-state index contributed by atoms with van der Waals surface area (Å²) in [4.78, 5) is 51.2. The lowest BCUT2D eigenvalue weighted by atomic mass is 9.90. The summed E-state index contributed by atoms with van der Waals surface area (Å²) >= 11 is 0. The molecule has 0 spiro atoms. The highest BCUT2D eigenvalue weighted by atomic mass is 16.1. The van der Waals surface area contributed by atoms with Gasteiger partial charge >= 0.3 is 0 Å². The van der Waals surface area contributed by atoms with E-state index >= 15 is 0 Å². The summed E-state index contributed by atoms with van der Waals surface area (Å²) in [6.07, 6.45) is 3.14. The Balaban J connectivity index is 1.06. The van der Waals surface area contributed by atoms with Crippen LogP contribution >= 0.6 is 0 Å². The molecule has 0 N–H and O–H groups in total. The van der Waals surface area contributed by atoms with E-state index in [2.05, 4.69) is 20.6 Å². The van der Waals surface area contributed by atoms with Crippen LogP contribution in [0.2, 0.25) is 0 Å². The minimum Gasteiger partial charge on any atom is -0.287 e. The van der Waals surface area contributed by atoms with Crippen molar-refractivity contribution < 1.29 is 19.2 Å². The maximum absolute atomic E-state index is 12.9. The second-order valence-electron chi connectivity index (χ2n) is 8.84. The number of ketones is 4. The Kier molecular flexibility index (Phi) is 5.21. The number of aromatic nitrogens is 6. The summed E-state index contributed by atoms with van der Waals surface area (Å²) in [6, 6.07) is 13.5. The highest BCUT2D eigenvalue weighted by Crippen LogP contribution is 2.27. The van der Waals surface area contributed by atoms with Crippen molar-refractivity contribution in [1.29, 1.82) is 0 Å². The molecule has 2 aromatic heterocycles. The van der Waals surface area contributed by atoms with Crippen molar-refractivity contribution in [1.82, 2.24) is 30.0 Å². The maximum Gasteiger partial charge on any atom is 0.216 e. The zero-order chi connectivity index (χ0) is 24.8. The van der Waals surface area contributed by atoms with E-state index in [9.17, 15) is 19.2 Å². The van der Waals surface area contributed by atoms with Gasteiger partial charge in [-0.2, -0.15) is 0 Å². The quantitative estimate of drug-likeness (QED) is 0.319. The van der Waals surface area contributed by atoms with Crippen LogP contribution in [-0.2, 0) is 13.1 Å². The lowest BCUT2D eigenvalue weighted by Crippen LogP contribution is -2.23. The molecule has 0 saturated heterocycles. The SMILES string of the molecule is O=C1c2ccccc2C(=O)c2c1nnn2CCCCCCn1nnc2c1C(=O)c1ccccc1C2=O. The summed E-state index contributed by atoms with van der Waals surface area (Å²) in [5.41, 5.74) is 2.19. The molecule has 0 amide bonds. The fraction of sp³-hybridized carbons (Fsp3) is 0.231. The fourth-order valence-electron chi connectivity index (χ4n) is 4.84. The van der Waals surface area contributed by atoms with Gasteiger partial charge < -0.3 is 0 Å². The zero-order valence-electron chi connectivity index (χ0n) is 19.2. The maximum atomic E-state index is 12.9. The fourth-order valence-corrected chi connectivity index (χ4v) is 4.84. The molecule has 178 valence electrons. The average molecular weight is 480 g/mol. The van der Waals surface area contributed by atoms with Crippen molar-refractivity contribution in [2.45, 2.75) is 38.8 Å². The molecule has 0 unspecified atom stereocenters. The van der Waals surface area contributed by atoms with Gasteiger partial charge in [0.2, 0.25) is 23.1 Å².